The molecule has 0 spiro atoms. The number of nitrogens with one attached hydrogen (secondary N) is 1. The van der Waals surface area contributed by atoms with Gasteiger partial charge in [-0.05, 0) is 6.92 Å². The number of carbonyl (C=O) groups excluding carboxylic acids is 1. The van der Waals surface area contributed by atoms with Crippen LogP contribution in [0.1, 0.15) is 13.8 Å². The van der Waals surface area contributed by atoms with Crippen molar-refractivity contribution >= 4 is 5.91 Å². The lowest BCUT2D eigenvalue weighted by molar-refractivity contribution is -0.375. The Morgan fingerprint density at radius 3 is 1.70 bits per heavy atom. The average Bonchev–Trinajstić information content (AvgIpc) is 3.04. The largest absolute Gasteiger partial charge is 0.394 e. The second-order valence-electron chi connectivity index (χ2n) is 11.9. The number of hydrogen-bond donors (Lipinski definition) is 13. The molecule has 13 N–H and O–H groups in total. The molecule has 4 aliphatic rings. The molecule has 0 aliphatic carbocycles. The van der Waals surface area contributed by atoms with E-state index in [1.807, 2.05) is 0 Å². The van der Waals surface area contributed by atoms with Crippen molar-refractivity contribution < 1.29 is 99.2 Å². The Bertz CT molecular complexity index is 1010. The summed E-state index contributed by atoms with van der Waals surface area (Å²) in [4.78, 5) is 12.4. The molecule has 0 saturated carbocycles. The Kier molecular flexibility index (Phi) is 13.2. The molecular formula is C26H45NO20. The maximum atomic E-state index is 12.4. The first-order chi connectivity index (χ1) is 22.1. The highest BCUT2D eigenvalue weighted by Gasteiger charge is 2.55. The van der Waals surface area contributed by atoms with E-state index in [1.165, 1.54) is 6.92 Å². The van der Waals surface area contributed by atoms with Gasteiger partial charge in [0.15, 0.2) is 25.2 Å². The summed E-state index contributed by atoms with van der Waals surface area (Å²) in [6.45, 7) is 0.102. The van der Waals surface area contributed by atoms with Crippen molar-refractivity contribution in [2.24, 2.45) is 0 Å². The molecule has 4 heterocycles. The van der Waals surface area contributed by atoms with E-state index in [2.05, 4.69) is 5.32 Å². The van der Waals surface area contributed by atoms with Gasteiger partial charge in [0.05, 0.1) is 25.9 Å². The van der Waals surface area contributed by atoms with Gasteiger partial charge in [-0.2, -0.15) is 0 Å². The molecule has 0 radical (unpaired) electrons. The summed E-state index contributed by atoms with van der Waals surface area (Å²) in [6.07, 6.45) is -32.0. The monoisotopic (exact) mass is 691 g/mol. The summed E-state index contributed by atoms with van der Waals surface area (Å²) in [5.74, 6) is -0.722. The average molecular weight is 692 g/mol. The topological polar surface area (TPSA) is 336 Å². The summed E-state index contributed by atoms with van der Waals surface area (Å²) in [7, 11) is 0. The van der Waals surface area contributed by atoms with Crippen LogP contribution in [-0.4, -0.2) is 210 Å². The zero-order valence-electron chi connectivity index (χ0n) is 25.3. The molecule has 0 aromatic carbocycles. The second-order valence-corrected chi connectivity index (χ2v) is 11.9. The van der Waals surface area contributed by atoms with E-state index >= 15 is 0 Å². The Morgan fingerprint density at radius 2 is 1.11 bits per heavy atom. The van der Waals surface area contributed by atoms with Gasteiger partial charge in [0.1, 0.15) is 91.5 Å². The van der Waals surface area contributed by atoms with Crippen LogP contribution in [0.2, 0.25) is 0 Å². The van der Waals surface area contributed by atoms with Crippen molar-refractivity contribution in [3.63, 3.8) is 0 Å². The van der Waals surface area contributed by atoms with E-state index in [4.69, 9.17) is 33.2 Å². The van der Waals surface area contributed by atoms with Gasteiger partial charge in [-0.15, -0.1) is 0 Å². The lowest BCUT2D eigenvalue weighted by Gasteiger charge is -2.50. The van der Waals surface area contributed by atoms with Crippen LogP contribution in [0.15, 0.2) is 0 Å². The highest BCUT2D eigenvalue weighted by Crippen LogP contribution is 2.34. The number of aliphatic hydroxyl groups is 12. The van der Waals surface area contributed by atoms with Crippen LogP contribution in [0.5, 0.6) is 0 Å². The Balaban J connectivity index is 1.67. The molecule has 47 heavy (non-hydrogen) atoms. The number of aliphatic hydroxyl groups excluding tert-OH is 12. The maximum Gasteiger partial charge on any atom is 0.217 e. The van der Waals surface area contributed by atoms with Crippen LogP contribution in [0.3, 0.4) is 0 Å². The van der Waals surface area contributed by atoms with Crippen LogP contribution in [0.4, 0.5) is 0 Å². The van der Waals surface area contributed by atoms with Gasteiger partial charge in [-0.25, -0.2) is 0 Å². The van der Waals surface area contributed by atoms with Crippen molar-refractivity contribution in [1.82, 2.24) is 5.32 Å². The first kappa shape index (κ1) is 38.5. The van der Waals surface area contributed by atoms with Gasteiger partial charge in [-0.1, -0.05) is 0 Å². The number of hydrogen-bond acceptors (Lipinski definition) is 20. The Hall–Kier alpha value is -1.29. The molecule has 0 bridgehead atoms. The molecule has 4 rings (SSSR count). The molecule has 21 heteroatoms. The molecule has 4 saturated heterocycles. The predicted octanol–water partition coefficient (Wildman–Crippen LogP) is -8.58. The van der Waals surface area contributed by atoms with Gasteiger partial charge in [0.2, 0.25) is 5.91 Å². The molecule has 1 amide bonds. The summed E-state index contributed by atoms with van der Waals surface area (Å²) in [5.41, 5.74) is 0. The van der Waals surface area contributed by atoms with Crippen LogP contribution < -0.4 is 5.32 Å². The smallest absolute Gasteiger partial charge is 0.217 e. The van der Waals surface area contributed by atoms with E-state index in [1.54, 1.807) is 0 Å². The summed E-state index contributed by atoms with van der Waals surface area (Å²) in [6, 6.07) is -1.51. The summed E-state index contributed by atoms with van der Waals surface area (Å²) < 4.78 is 39.6. The number of rotatable bonds is 10. The number of carbonyl (C=O) groups is 1. The highest BCUT2D eigenvalue weighted by molar-refractivity contribution is 5.73. The number of ether oxygens (including phenoxy) is 7. The van der Waals surface area contributed by atoms with Crippen LogP contribution in [-0.2, 0) is 38.0 Å². The highest BCUT2D eigenvalue weighted by atomic mass is 16.8. The standard InChI is InChI=1S/C26H45NO20/c1-6-12(31)15(34)19(38)25(42-6)46-21-9(4-29)45-24(41-5-10-14(33)16(35)18(37)23(40)43-10)11(27-7(2)30)22(21)47-26-20(39)17(36)13(32)8(3-28)44-26/h6,8-26,28-29,31-40H,3-5H2,1-2H3,(H,27,30)/t6-,8+,9+,10+,11+,12+,13-,14-,15+,16-,17-,18+,19-,20+,21+,22+,23?,24+,25-,26-/m0/s1. The maximum absolute atomic E-state index is 12.4. The van der Waals surface area contributed by atoms with Crippen molar-refractivity contribution in [3.05, 3.63) is 0 Å². The third kappa shape index (κ3) is 8.20. The number of amides is 1. The molecule has 274 valence electrons. The molecule has 4 fully saturated rings. The molecule has 20 atom stereocenters. The van der Waals surface area contributed by atoms with Crippen LogP contribution in [0.25, 0.3) is 0 Å². The SMILES string of the molecule is CC(=O)N[C@H]1[C@H](OC[C@H]2OC(O)[C@H](O)[C@@H](O)[C@H]2O)O[C@H](CO)[C@@H](O[C@@H]2O[C@@H](C)[C@@H](O)[C@@H](O)[C@@H]2O)[C@@H]1O[C@@H]1O[C@H](CO)[C@H](O)[C@H](O)[C@H]1O. The Morgan fingerprint density at radius 1 is 0.596 bits per heavy atom. The van der Waals surface area contributed by atoms with Crippen LogP contribution in [0, 0.1) is 0 Å². The molecule has 0 aromatic rings. The van der Waals surface area contributed by atoms with E-state index in [-0.39, 0.29) is 0 Å². The molecule has 4 aliphatic heterocycles. The van der Waals surface area contributed by atoms with Crippen molar-refractivity contribution in [3.8, 4) is 0 Å². The minimum Gasteiger partial charge on any atom is -0.394 e. The first-order valence-corrected chi connectivity index (χ1v) is 14.9. The minimum absolute atomic E-state index is 0.661. The van der Waals surface area contributed by atoms with E-state index in [9.17, 15) is 66.1 Å². The van der Waals surface area contributed by atoms with E-state index in [0.29, 0.717) is 0 Å². The van der Waals surface area contributed by atoms with Gasteiger partial charge < -0.3 is 99.8 Å². The molecule has 0 aromatic heterocycles. The zero-order chi connectivity index (χ0) is 34.9. The van der Waals surface area contributed by atoms with Gasteiger partial charge in [0, 0.05) is 6.92 Å². The first-order valence-electron chi connectivity index (χ1n) is 14.9. The lowest BCUT2D eigenvalue weighted by Crippen LogP contribution is -2.70. The molecule has 21 nitrogen and oxygen atoms in total. The van der Waals surface area contributed by atoms with Gasteiger partial charge in [-0.3, -0.25) is 4.79 Å². The van der Waals surface area contributed by atoms with Gasteiger partial charge in [0.25, 0.3) is 0 Å². The fourth-order valence-corrected chi connectivity index (χ4v) is 5.78. The van der Waals surface area contributed by atoms with E-state index in [0.717, 1.165) is 6.92 Å². The summed E-state index contributed by atoms with van der Waals surface area (Å²) in [5, 5.41) is 125. The van der Waals surface area contributed by atoms with Crippen LogP contribution >= 0.6 is 0 Å². The van der Waals surface area contributed by atoms with Crippen molar-refractivity contribution in [1.29, 1.82) is 0 Å². The molecule has 1 unspecified atom stereocenters. The molecular weight excluding hydrogens is 646 g/mol. The third-order valence-electron chi connectivity index (χ3n) is 8.55. The fourth-order valence-electron chi connectivity index (χ4n) is 5.78. The third-order valence-corrected chi connectivity index (χ3v) is 8.55. The van der Waals surface area contributed by atoms with E-state index < -0.39 is 148 Å². The van der Waals surface area contributed by atoms with Crippen molar-refractivity contribution in [2.75, 3.05) is 19.8 Å². The summed E-state index contributed by atoms with van der Waals surface area (Å²) >= 11 is 0. The second kappa shape index (κ2) is 16.2. The normalized spacial score (nSPS) is 51.0. The lowest BCUT2D eigenvalue weighted by atomic mass is 9.94. The van der Waals surface area contributed by atoms with Crippen molar-refractivity contribution in [2.45, 2.75) is 137 Å². The van der Waals surface area contributed by atoms with Gasteiger partial charge >= 0.3 is 0 Å². The fraction of sp³-hybridized carbons (Fsp3) is 0.962. The zero-order valence-corrected chi connectivity index (χ0v) is 25.3. The predicted molar refractivity (Wildman–Crippen MR) is 144 cm³/mol. The minimum atomic E-state index is -1.96. The quantitative estimate of drug-likeness (QED) is 0.101. The Labute approximate surface area is 267 Å².